The van der Waals surface area contributed by atoms with E-state index in [1.807, 2.05) is 0 Å². The Hall–Kier alpha value is -1.43. The maximum atomic E-state index is 13.4. The van der Waals surface area contributed by atoms with Crippen molar-refractivity contribution in [2.45, 2.75) is 25.4 Å². The van der Waals surface area contributed by atoms with Gasteiger partial charge in [-0.15, -0.1) is 0 Å². The van der Waals surface area contributed by atoms with E-state index in [4.69, 9.17) is 4.74 Å². The van der Waals surface area contributed by atoms with Crippen molar-refractivity contribution >= 4 is 11.6 Å². The third-order valence-electron chi connectivity index (χ3n) is 2.95. The van der Waals surface area contributed by atoms with Crippen molar-refractivity contribution in [2.24, 2.45) is 0 Å². The van der Waals surface area contributed by atoms with Gasteiger partial charge in [0.1, 0.15) is 0 Å². The molecule has 0 radical (unpaired) electrons. The van der Waals surface area contributed by atoms with E-state index in [0.717, 1.165) is 31.9 Å². The Morgan fingerprint density at radius 2 is 2.17 bits per heavy atom. The third-order valence-corrected chi connectivity index (χ3v) is 2.95. The topological polar surface area (TPSA) is 46.2 Å². The van der Waals surface area contributed by atoms with Crippen LogP contribution in [0.3, 0.4) is 0 Å². The minimum Gasteiger partial charge on any atom is -0.378 e. The first-order valence-corrected chi connectivity index (χ1v) is 6.10. The molecule has 0 spiro atoms. The number of nitrogens with one attached hydrogen (secondary N) is 2. The highest BCUT2D eigenvalue weighted by atomic mass is 19.1. The second-order valence-corrected chi connectivity index (χ2v) is 4.25. The Labute approximate surface area is 105 Å². The number of halogens is 2. The summed E-state index contributed by atoms with van der Waals surface area (Å²) in [6.45, 7) is 1.36. The van der Waals surface area contributed by atoms with Crippen LogP contribution in [0.25, 0.3) is 0 Å². The van der Waals surface area contributed by atoms with E-state index in [1.54, 1.807) is 7.05 Å². The van der Waals surface area contributed by atoms with Gasteiger partial charge >= 0.3 is 0 Å². The van der Waals surface area contributed by atoms with Gasteiger partial charge in [0.2, 0.25) is 0 Å². The highest BCUT2D eigenvalue weighted by molar-refractivity contribution is 5.47. The molecule has 2 rings (SSSR count). The van der Waals surface area contributed by atoms with E-state index in [1.165, 1.54) is 0 Å². The van der Waals surface area contributed by atoms with Crippen LogP contribution in [0, 0.1) is 11.6 Å². The standard InChI is InChI=1S/C12H17F2N3O/c1-15-11-9(13)7-10(14)12(17-11)16-5-4-8-3-2-6-18-8/h7-8H,2-6H2,1H3,(H2,15,16,17). The van der Waals surface area contributed by atoms with Crippen molar-refractivity contribution in [3.63, 3.8) is 0 Å². The van der Waals surface area contributed by atoms with Crippen LogP contribution in [0.15, 0.2) is 6.07 Å². The lowest BCUT2D eigenvalue weighted by Gasteiger charge is -2.12. The Morgan fingerprint density at radius 1 is 1.39 bits per heavy atom. The van der Waals surface area contributed by atoms with Crippen LogP contribution >= 0.6 is 0 Å². The minimum absolute atomic E-state index is 0.0380. The fourth-order valence-electron chi connectivity index (χ4n) is 1.99. The highest BCUT2D eigenvalue weighted by Gasteiger charge is 2.16. The molecule has 1 aromatic heterocycles. The summed E-state index contributed by atoms with van der Waals surface area (Å²) in [5.41, 5.74) is 0. The van der Waals surface area contributed by atoms with Crippen molar-refractivity contribution in [3.8, 4) is 0 Å². The largest absolute Gasteiger partial charge is 0.378 e. The molecule has 1 unspecified atom stereocenters. The first kappa shape index (κ1) is 13.0. The molecule has 2 heterocycles. The predicted molar refractivity (Wildman–Crippen MR) is 65.8 cm³/mol. The van der Waals surface area contributed by atoms with Crippen LogP contribution in [-0.2, 0) is 4.74 Å². The lowest BCUT2D eigenvalue weighted by Crippen LogP contribution is -2.14. The summed E-state index contributed by atoms with van der Waals surface area (Å²) >= 11 is 0. The summed E-state index contributed by atoms with van der Waals surface area (Å²) in [6.07, 6.45) is 3.17. The van der Waals surface area contributed by atoms with Crippen molar-refractivity contribution in [2.75, 3.05) is 30.8 Å². The lowest BCUT2D eigenvalue weighted by atomic mass is 10.2. The van der Waals surface area contributed by atoms with Gasteiger partial charge < -0.3 is 15.4 Å². The monoisotopic (exact) mass is 257 g/mol. The molecule has 1 saturated heterocycles. The molecule has 18 heavy (non-hydrogen) atoms. The van der Waals surface area contributed by atoms with Crippen LogP contribution < -0.4 is 10.6 Å². The summed E-state index contributed by atoms with van der Waals surface area (Å²) in [5.74, 6) is -1.27. The predicted octanol–water partition coefficient (Wildman–Crippen LogP) is 2.38. The zero-order valence-electron chi connectivity index (χ0n) is 10.3. The normalized spacial score (nSPS) is 18.9. The van der Waals surface area contributed by atoms with Gasteiger partial charge in [-0.05, 0) is 19.3 Å². The quantitative estimate of drug-likeness (QED) is 0.850. The summed E-state index contributed by atoms with van der Waals surface area (Å²) in [5, 5.41) is 5.45. The Kier molecular flexibility index (Phi) is 4.30. The molecule has 4 nitrogen and oxygen atoms in total. The van der Waals surface area contributed by atoms with Gasteiger partial charge in [0, 0.05) is 26.3 Å². The smallest absolute Gasteiger partial charge is 0.168 e. The molecule has 0 aromatic carbocycles. The van der Waals surface area contributed by atoms with Crippen LogP contribution in [0.2, 0.25) is 0 Å². The average Bonchev–Trinajstić information content (AvgIpc) is 2.85. The molecule has 100 valence electrons. The number of nitrogens with zero attached hydrogens (tertiary/aromatic N) is 1. The molecule has 0 amide bonds. The maximum Gasteiger partial charge on any atom is 0.168 e. The number of ether oxygens (including phenoxy) is 1. The molecule has 6 heteroatoms. The van der Waals surface area contributed by atoms with Crippen molar-refractivity contribution < 1.29 is 13.5 Å². The first-order valence-electron chi connectivity index (χ1n) is 6.10. The van der Waals surface area contributed by atoms with E-state index in [9.17, 15) is 8.78 Å². The minimum atomic E-state index is -0.695. The SMILES string of the molecule is CNc1nc(NCCC2CCCO2)c(F)cc1F. The Balaban J connectivity index is 1.91. The van der Waals surface area contributed by atoms with Gasteiger partial charge in [-0.25, -0.2) is 13.8 Å². The fraction of sp³-hybridized carbons (Fsp3) is 0.583. The van der Waals surface area contributed by atoms with Gasteiger partial charge in [-0.2, -0.15) is 0 Å². The van der Waals surface area contributed by atoms with Crippen LogP contribution in [0.1, 0.15) is 19.3 Å². The van der Waals surface area contributed by atoms with Gasteiger partial charge in [0.15, 0.2) is 23.3 Å². The third kappa shape index (κ3) is 3.07. The second-order valence-electron chi connectivity index (χ2n) is 4.25. The number of hydrogen-bond acceptors (Lipinski definition) is 4. The van der Waals surface area contributed by atoms with Crippen LogP contribution in [0.5, 0.6) is 0 Å². The summed E-state index contributed by atoms with van der Waals surface area (Å²) in [7, 11) is 1.54. The number of pyridine rings is 1. The molecular weight excluding hydrogens is 240 g/mol. The van der Waals surface area contributed by atoms with E-state index in [0.29, 0.717) is 6.54 Å². The van der Waals surface area contributed by atoms with Gasteiger partial charge in [-0.1, -0.05) is 0 Å². The molecule has 1 atom stereocenters. The molecule has 1 aliphatic heterocycles. The van der Waals surface area contributed by atoms with Crippen molar-refractivity contribution in [1.82, 2.24) is 4.98 Å². The molecule has 0 aliphatic carbocycles. The number of aromatic nitrogens is 1. The summed E-state index contributed by atoms with van der Waals surface area (Å²) in [4.78, 5) is 3.84. The van der Waals surface area contributed by atoms with E-state index < -0.39 is 11.6 Å². The van der Waals surface area contributed by atoms with E-state index in [2.05, 4.69) is 15.6 Å². The summed E-state index contributed by atoms with van der Waals surface area (Å²) in [6, 6.07) is 0.827. The van der Waals surface area contributed by atoms with E-state index in [-0.39, 0.29) is 17.7 Å². The summed E-state index contributed by atoms with van der Waals surface area (Å²) < 4.78 is 32.1. The highest BCUT2D eigenvalue weighted by Crippen LogP contribution is 2.19. The van der Waals surface area contributed by atoms with Gasteiger partial charge in [0.25, 0.3) is 0 Å². The fourth-order valence-corrected chi connectivity index (χ4v) is 1.99. The molecular formula is C12H17F2N3O. The zero-order chi connectivity index (χ0) is 13.0. The van der Waals surface area contributed by atoms with E-state index >= 15 is 0 Å². The Bertz CT molecular complexity index is 409. The van der Waals surface area contributed by atoms with Crippen LogP contribution in [-0.4, -0.2) is 31.3 Å². The second kappa shape index (κ2) is 5.95. The van der Waals surface area contributed by atoms with Crippen LogP contribution in [0.4, 0.5) is 20.4 Å². The van der Waals surface area contributed by atoms with Crippen molar-refractivity contribution in [3.05, 3.63) is 17.7 Å². The lowest BCUT2D eigenvalue weighted by molar-refractivity contribution is 0.107. The molecule has 0 saturated carbocycles. The first-order chi connectivity index (χ1) is 8.70. The number of hydrogen-bond donors (Lipinski definition) is 2. The molecule has 0 bridgehead atoms. The molecule has 1 aliphatic rings. The van der Waals surface area contributed by atoms with Crippen molar-refractivity contribution in [1.29, 1.82) is 0 Å². The zero-order valence-corrected chi connectivity index (χ0v) is 10.3. The molecule has 2 N–H and O–H groups in total. The maximum absolute atomic E-state index is 13.4. The molecule has 1 fully saturated rings. The Morgan fingerprint density at radius 3 is 2.83 bits per heavy atom. The number of anilines is 2. The van der Waals surface area contributed by atoms with Gasteiger partial charge in [-0.3, -0.25) is 0 Å². The molecule has 1 aromatic rings. The average molecular weight is 257 g/mol. The van der Waals surface area contributed by atoms with Gasteiger partial charge in [0.05, 0.1) is 6.10 Å². The number of rotatable bonds is 5.